The van der Waals surface area contributed by atoms with Gasteiger partial charge in [0, 0.05) is 6.42 Å². The molecule has 0 unspecified atom stereocenters. The molecule has 0 saturated heterocycles. The molecule has 0 radical (unpaired) electrons. The van der Waals surface area contributed by atoms with Crippen LogP contribution in [0.1, 0.15) is 44.9 Å². The van der Waals surface area contributed by atoms with Crippen LogP contribution in [-0.4, -0.2) is 19.4 Å². The Labute approximate surface area is 91.5 Å². The Balaban J connectivity index is 3.08. The molecule has 0 atom stereocenters. The van der Waals surface area contributed by atoms with E-state index in [9.17, 15) is 9.59 Å². The number of methoxy groups -OCH3 is 1. The van der Waals surface area contributed by atoms with E-state index in [1.165, 1.54) is 13.2 Å². The Morgan fingerprint density at radius 1 is 1.13 bits per heavy atom. The number of hydrogen-bond donors (Lipinski definition) is 0. The minimum atomic E-state index is -0.121. The molecule has 86 valence electrons. The lowest BCUT2D eigenvalue weighted by atomic mass is 10.1. The van der Waals surface area contributed by atoms with Crippen molar-refractivity contribution in [3.63, 3.8) is 0 Å². The second kappa shape index (κ2) is 11.0. The van der Waals surface area contributed by atoms with Crippen molar-refractivity contribution >= 4 is 12.3 Å². The number of esters is 1. The van der Waals surface area contributed by atoms with Crippen molar-refractivity contribution in [3.8, 4) is 0 Å². The minimum Gasteiger partial charge on any atom is -0.469 e. The molecule has 0 bridgehead atoms. The zero-order valence-corrected chi connectivity index (χ0v) is 9.41. The van der Waals surface area contributed by atoms with Gasteiger partial charge in [0.05, 0.1) is 7.11 Å². The maximum absolute atomic E-state index is 10.8. The van der Waals surface area contributed by atoms with E-state index in [1.807, 2.05) is 6.08 Å². The molecule has 0 amide bonds. The summed E-state index contributed by atoms with van der Waals surface area (Å²) in [4.78, 5) is 20.7. The van der Waals surface area contributed by atoms with Gasteiger partial charge in [-0.1, -0.05) is 25.3 Å². The van der Waals surface area contributed by atoms with Gasteiger partial charge in [0.15, 0.2) is 0 Å². The Morgan fingerprint density at radius 2 is 1.80 bits per heavy atom. The summed E-state index contributed by atoms with van der Waals surface area (Å²) in [6.45, 7) is 0. The van der Waals surface area contributed by atoms with Crippen molar-refractivity contribution < 1.29 is 14.3 Å². The van der Waals surface area contributed by atoms with Crippen molar-refractivity contribution in [3.05, 3.63) is 12.2 Å². The molecule has 0 aromatic heterocycles. The molecular formula is C12H20O3. The molecule has 0 aliphatic rings. The molecule has 0 N–H and O–H groups in total. The number of carbonyl (C=O) groups is 2. The summed E-state index contributed by atoms with van der Waals surface area (Å²) in [5.41, 5.74) is 0. The van der Waals surface area contributed by atoms with E-state index in [1.54, 1.807) is 0 Å². The molecule has 0 fully saturated rings. The van der Waals surface area contributed by atoms with Crippen molar-refractivity contribution in [2.24, 2.45) is 0 Å². The maximum Gasteiger partial charge on any atom is 0.305 e. The van der Waals surface area contributed by atoms with E-state index in [2.05, 4.69) is 4.74 Å². The predicted octanol–water partition coefficient (Wildman–Crippen LogP) is 2.65. The van der Waals surface area contributed by atoms with E-state index in [0.717, 1.165) is 44.8 Å². The maximum atomic E-state index is 10.8. The monoisotopic (exact) mass is 212 g/mol. The Hall–Kier alpha value is -1.12. The van der Waals surface area contributed by atoms with Crippen LogP contribution in [0.2, 0.25) is 0 Å². The average molecular weight is 212 g/mol. The van der Waals surface area contributed by atoms with Crippen LogP contribution < -0.4 is 0 Å². The van der Waals surface area contributed by atoms with E-state index in [4.69, 9.17) is 0 Å². The van der Waals surface area contributed by atoms with Crippen molar-refractivity contribution in [2.75, 3.05) is 7.11 Å². The summed E-state index contributed by atoms with van der Waals surface area (Å²) in [5.74, 6) is -0.121. The summed E-state index contributed by atoms with van der Waals surface area (Å²) < 4.78 is 4.54. The third-order valence-electron chi connectivity index (χ3n) is 2.19. The van der Waals surface area contributed by atoms with E-state index in [-0.39, 0.29) is 5.97 Å². The van der Waals surface area contributed by atoms with Crippen LogP contribution in [0.5, 0.6) is 0 Å². The van der Waals surface area contributed by atoms with Gasteiger partial charge in [-0.05, 0) is 25.3 Å². The van der Waals surface area contributed by atoms with Crippen LogP contribution >= 0.6 is 0 Å². The topological polar surface area (TPSA) is 43.4 Å². The Kier molecular flexibility index (Phi) is 10.1. The molecule has 0 aliphatic heterocycles. The molecule has 0 rings (SSSR count). The number of rotatable bonds is 9. The van der Waals surface area contributed by atoms with Crippen LogP contribution in [0, 0.1) is 0 Å². The van der Waals surface area contributed by atoms with Crippen LogP contribution in [0.4, 0.5) is 0 Å². The molecule has 0 saturated carbocycles. The molecule has 0 aromatic carbocycles. The Morgan fingerprint density at radius 3 is 2.47 bits per heavy atom. The second-order valence-electron chi connectivity index (χ2n) is 3.45. The predicted molar refractivity (Wildman–Crippen MR) is 59.5 cm³/mol. The third kappa shape index (κ3) is 10.8. The molecule has 3 nitrogen and oxygen atoms in total. The number of aldehydes is 1. The van der Waals surface area contributed by atoms with Crippen molar-refractivity contribution in [1.29, 1.82) is 0 Å². The van der Waals surface area contributed by atoms with Gasteiger partial charge in [-0.3, -0.25) is 9.59 Å². The number of hydrogen-bond acceptors (Lipinski definition) is 3. The largest absolute Gasteiger partial charge is 0.469 e. The van der Waals surface area contributed by atoms with Gasteiger partial charge >= 0.3 is 5.97 Å². The number of allylic oxidation sites excluding steroid dienone is 2. The first-order valence-corrected chi connectivity index (χ1v) is 5.48. The smallest absolute Gasteiger partial charge is 0.305 e. The SMILES string of the molecule is COC(=O)CCCCCCCC=CC=O. The quantitative estimate of drug-likeness (QED) is 0.255. The van der Waals surface area contributed by atoms with Crippen LogP contribution in [0.3, 0.4) is 0 Å². The lowest BCUT2D eigenvalue weighted by Crippen LogP contribution is -1.98. The van der Waals surface area contributed by atoms with Crippen LogP contribution in [-0.2, 0) is 14.3 Å². The van der Waals surface area contributed by atoms with Gasteiger partial charge in [0.1, 0.15) is 6.29 Å². The summed E-state index contributed by atoms with van der Waals surface area (Å²) >= 11 is 0. The molecular weight excluding hydrogens is 192 g/mol. The molecule has 15 heavy (non-hydrogen) atoms. The van der Waals surface area contributed by atoms with Crippen molar-refractivity contribution in [1.82, 2.24) is 0 Å². The van der Waals surface area contributed by atoms with E-state index >= 15 is 0 Å². The summed E-state index contributed by atoms with van der Waals surface area (Å²) in [6, 6.07) is 0. The first kappa shape index (κ1) is 13.9. The van der Waals surface area contributed by atoms with Crippen LogP contribution in [0.15, 0.2) is 12.2 Å². The second-order valence-corrected chi connectivity index (χ2v) is 3.45. The fraction of sp³-hybridized carbons (Fsp3) is 0.667. The minimum absolute atomic E-state index is 0.121. The lowest BCUT2D eigenvalue weighted by molar-refractivity contribution is -0.140. The summed E-state index contributed by atoms with van der Waals surface area (Å²) in [5, 5.41) is 0. The normalized spacial score (nSPS) is 10.5. The number of unbranched alkanes of at least 4 members (excludes halogenated alkanes) is 5. The van der Waals surface area contributed by atoms with E-state index < -0.39 is 0 Å². The zero-order chi connectivity index (χ0) is 11.4. The highest BCUT2D eigenvalue weighted by Gasteiger charge is 1.98. The first-order chi connectivity index (χ1) is 7.31. The third-order valence-corrected chi connectivity index (χ3v) is 2.19. The highest BCUT2D eigenvalue weighted by atomic mass is 16.5. The summed E-state index contributed by atoms with van der Waals surface area (Å²) in [7, 11) is 1.42. The number of carbonyl (C=O) groups excluding carboxylic acids is 2. The summed E-state index contributed by atoms with van der Waals surface area (Å²) in [6.07, 6.45) is 11.1. The van der Waals surface area contributed by atoms with E-state index in [0.29, 0.717) is 6.42 Å². The van der Waals surface area contributed by atoms with Gasteiger partial charge in [0.25, 0.3) is 0 Å². The molecule has 0 heterocycles. The number of ether oxygens (including phenoxy) is 1. The lowest BCUT2D eigenvalue weighted by Gasteiger charge is -1.99. The van der Waals surface area contributed by atoms with Gasteiger partial charge in [-0.25, -0.2) is 0 Å². The van der Waals surface area contributed by atoms with Gasteiger partial charge in [0.2, 0.25) is 0 Å². The highest BCUT2D eigenvalue weighted by Crippen LogP contribution is 2.07. The fourth-order valence-electron chi connectivity index (χ4n) is 1.32. The first-order valence-electron chi connectivity index (χ1n) is 5.48. The fourth-order valence-corrected chi connectivity index (χ4v) is 1.32. The van der Waals surface area contributed by atoms with Crippen molar-refractivity contribution in [2.45, 2.75) is 44.9 Å². The van der Waals surface area contributed by atoms with Gasteiger partial charge in [-0.2, -0.15) is 0 Å². The standard InChI is InChI=1S/C12H20O3/c1-15-12(14)10-8-6-4-2-3-5-7-9-11-13/h7,9,11H,2-6,8,10H2,1H3. The highest BCUT2D eigenvalue weighted by molar-refractivity contribution is 5.68. The van der Waals surface area contributed by atoms with Gasteiger partial charge in [-0.15, -0.1) is 0 Å². The zero-order valence-electron chi connectivity index (χ0n) is 9.41. The average Bonchev–Trinajstić information content (AvgIpc) is 2.26. The molecule has 3 heteroatoms. The molecule has 0 aliphatic carbocycles. The Bertz CT molecular complexity index is 197. The molecule has 0 aromatic rings. The molecule has 0 spiro atoms. The van der Waals surface area contributed by atoms with Gasteiger partial charge < -0.3 is 4.74 Å². The van der Waals surface area contributed by atoms with Crippen LogP contribution in [0.25, 0.3) is 0 Å².